The Morgan fingerprint density at radius 1 is 1.70 bits per heavy atom. The minimum Gasteiger partial charge on any atom is -0.370 e. The second-order valence-electron chi connectivity index (χ2n) is 2.73. The third-order valence-electron chi connectivity index (χ3n) is 1.88. The van der Waals surface area contributed by atoms with E-state index in [-0.39, 0.29) is 24.0 Å². The molecule has 2 N–H and O–H groups in total. The highest BCUT2D eigenvalue weighted by Crippen LogP contribution is 2.23. The van der Waals surface area contributed by atoms with Crippen LogP contribution in [0.4, 0.5) is 0 Å². The van der Waals surface area contributed by atoms with Crippen molar-refractivity contribution in [2.24, 2.45) is 11.7 Å². The largest absolute Gasteiger partial charge is 0.370 e. The third-order valence-corrected chi connectivity index (χ3v) is 1.88. The molecule has 0 aromatic heterocycles. The summed E-state index contributed by atoms with van der Waals surface area (Å²) in [5.41, 5.74) is 4.94. The molecule has 56 valence electrons. The predicted octanol–water partition coefficient (Wildman–Crippen LogP) is 0.231. The summed E-state index contributed by atoms with van der Waals surface area (Å²) in [5, 5.41) is 0. The van der Waals surface area contributed by atoms with E-state index in [1.165, 1.54) is 0 Å². The summed E-state index contributed by atoms with van der Waals surface area (Å²) in [6.07, 6.45) is 2.66. The van der Waals surface area contributed by atoms with Crippen LogP contribution in [0.15, 0.2) is 0 Å². The number of carbonyl (C=O) groups is 2. The second-order valence-corrected chi connectivity index (χ2v) is 2.73. The van der Waals surface area contributed by atoms with Crippen molar-refractivity contribution >= 4 is 11.7 Å². The van der Waals surface area contributed by atoms with Crippen molar-refractivity contribution < 1.29 is 9.59 Å². The number of Topliss-reactive ketones (excluding diaryl/α,β-unsaturated/α-hetero) is 1. The highest BCUT2D eigenvalue weighted by Gasteiger charge is 2.25. The van der Waals surface area contributed by atoms with Gasteiger partial charge in [0.25, 0.3) is 0 Å². The number of carbonyl (C=O) groups excluding carboxylic acids is 2. The molecule has 0 saturated heterocycles. The lowest BCUT2D eigenvalue weighted by Crippen LogP contribution is -2.18. The molecule has 1 saturated carbocycles. The number of amides is 1. The number of rotatable bonds is 2. The molecule has 0 heterocycles. The molecular weight excluding hydrogens is 130 g/mol. The molecule has 1 aliphatic rings. The molecule has 0 bridgehead atoms. The Hall–Kier alpha value is -0.860. The fraction of sp³-hybridized carbons (Fsp3) is 0.714. The molecule has 1 rings (SSSR count). The summed E-state index contributed by atoms with van der Waals surface area (Å²) in [6.45, 7) is 0. The van der Waals surface area contributed by atoms with Crippen LogP contribution < -0.4 is 5.73 Å². The molecule has 1 fully saturated rings. The van der Waals surface area contributed by atoms with Crippen LogP contribution in [0.25, 0.3) is 0 Å². The number of hydrogen-bond acceptors (Lipinski definition) is 2. The van der Waals surface area contributed by atoms with Gasteiger partial charge in [-0.15, -0.1) is 0 Å². The van der Waals surface area contributed by atoms with Gasteiger partial charge in [0.1, 0.15) is 5.78 Å². The minimum absolute atomic E-state index is 0.0579. The van der Waals surface area contributed by atoms with Crippen LogP contribution >= 0.6 is 0 Å². The van der Waals surface area contributed by atoms with Gasteiger partial charge < -0.3 is 5.73 Å². The van der Waals surface area contributed by atoms with Gasteiger partial charge in [-0.1, -0.05) is 0 Å². The van der Waals surface area contributed by atoms with E-state index in [9.17, 15) is 9.59 Å². The average Bonchev–Trinajstić information content (AvgIpc) is 2.15. The minimum atomic E-state index is -0.361. The summed E-state index contributed by atoms with van der Waals surface area (Å²) < 4.78 is 0. The molecule has 10 heavy (non-hydrogen) atoms. The van der Waals surface area contributed by atoms with E-state index in [4.69, 9.17) is 5.73 Å². The lowest BCUT2D eigenvalue weighted by Gasteiger charge is -2.01. The van der Waals surface area contributed by atoms with Crippen LogP contribution in [0.2, 0.25) is 0 Å². The number of primary amides is 1. The predicted molar refractivity (Wildman–Crippen MR) is 36.2 cm³/mol. The topological polar surface area (TPSA) is 60.2 Å². The van der Waals surface area contributed by atoms with Crippen molar-refractivity contribution in [3.05, 3.63) is 0 Å². The van der Waals surface area contributed by atoms with Crippen LogP contribution in [0, 0.1) is 5.92 Å². The summed E-state index contributed by atoms with van der Waals surface area (Å²) in [7, 11) is 0. The summed E-state index contributed by atoms with van der Waals surface area (Å²) in [6, 6.07) is 0. The summed E-state index contributed by atoms with van der Waals surface area (Å²) >= 11 is 0. The van der Waals surface area contributed by atoms with Gasteiger partial charge >= 0.3 is 0 Å². The maximum Gasteiger partial charge on any atom is 0.218 e. The van der Waals surface area contributed by atoms with Crippen LogP contribution in [0.1, 0.15) is 25.7 Å². The highest BCUT2D eigenvalue weighted by molar-refractivity contribution is 5.87. The monoisotopic (exact) mass is 141 g/mol. The van der Waals surface area contributed by atoms with Crippen LogP contribution in [-0.4, -0.2) is 11.7 Å². The molecule has 0 aromatic carbocycles. The van der Waals surface area contributed by atoms with Crippen molar-refractivity contribution in [2.75, 3.05) is 0 Å². The zero-order chi connectivity index (χ0) is 7.56. The standard InChI is InChI=1S/C7H11NO2/c8-7(10)4-5-2-1-3-6(5)9/h5H,1-4H2,(H2,8,10)/t5-/m1/s1. The molecule has 1 aliphatic carbocycles. The first-order chi connectivity index (χ1) is 4.70. The Morgan fingerprint density at radius 2 is 2.40 bits per heavy atom. The van der Waals surface area contributed by atoms with E-state index in [0.29, 0.717) is 6.42 Å². The second kappa shape index (κ2) is 2.82. The van der Waals surface area contributed by atoms with E-state index in [2.05, 4.69) is 0 Å². The molecule has 0 spiro atoms. The maximum atomic E-state index is 10.9. The normalized spacial score (nSPS) is 25.2. The van der Waals surface area contributed by atoms with Crippen molar-refractivity contribution in [3.8, 4) is 0 Å². The summed E-state index contributed by atoms with van der Waals surface area (Å²) in [5.74, 6) is -0.212. The molecule has 3 heteroatoms. The quantitative estimate of drug-likeness (QED) is 0.598. The lowest BCUT2D eigenvalue weighted by molar-refractivity contribution is -0.125. The number of nitrogens with two attached hydrogens (primary N) is 1. The van der Waals surface area contributed by atoms with Gasteiger partial charge in [-0.2, -0.15) is 0 Å². The smallest absolute Gasteiger partial charge is 0.218 e. The molecule has 0 aliphatic heterocycles. The Balaban J connectivity index is 2.40. The van der Waals surface area contributed by atoms with Gasteiger partial charge in [-0.05, 0) is 12.8 Å². The van der Waals surface area contributed by atoms with Crippen molar-refractivity contribution in [1.29, 1.82) is 0 Å². The first kappa shape index (κ1) is 7.25. The average molecular weight is 141 g/mol. The maximum absolute atomic E-state index is 10.9. The first-order valence-corrected chi connectivity index (χ1v) is 3.51. The van der Waals surface area contributed by atoms with E-state index < -0.39 is 0 Å². The van der Waals surface area contributed by atoms with Gasteiger partial charge in [-0.25, -0.2) is 0 Å². The SMILES string of the molecule is NC(=O)C[C@H]1CCCC1=O. The molecule has 1 amide bonds. The van der Waals surface area contributed by atoms with E-state index in [0.717, 1.165) is 12.8 Å². The fourth-order valence-electron chi connectivity index (χ4n) is 1.35. The highest BCUT2D eigenvalue weighted by atomic mass is 16.1. The Labute approximate surface area is 59.6 Å². The van der Waals surface area contributed by atoms with Crippen molar-refractivity contribution in [2.45, 2.75) is 25.7 Å². The zero-order valence-corrected chi connectivity index (χ0v) is 5.80. The Bertz CT molecular complexity index is 165. The first-order valence-electron chi connectivity index (χ1n) is 3.51. The van der Waals surface area contributed by atoms with Crippen LogP contribution in [0.3, 0.4) is 0 Å². The zero-order valence-electron chi connectivity index (χ0n) is 5.80. The lowest BCUT2D eigenvalue weighted by atomic mass is 10.0. The summed E-state index contributed by atoms with van der Waals surface area (Å²) in [4.78, 5) is 21.3. The van der Waals surface area contributed by atoms with Crippen LogP contribution in [-0.2, 0) is 9.59 Å². The molecule has 0 radical (unpaired) electrons. The van der Waals surface area contributed by atoms with E-state index >= 15 is 0 Å². The number of hydrogen-bond donors (Lipinski definition) is 1. The van der Waals surface area contributed by atoms with Gasteiger partial charge in [0.2, 0.25) is 5.91 Å². The van der Waals surface area contributed by atoms with Gasteiger partial charge in [0.15, 0.2) is 0 Å². The molecule has 0 aromatic rings. The van der Waals surface area contributed by atoms with Gasteiger partial charge in [0, 0.05) is 18.8 Å². The molecule has 3 nitrogen and oxygen atoms in total. The molecule has 0 unspecified atom stereocenters. The number of ketones is 1. The van der Waals surface area contributed by atoms with Crippen LogP contribution in [0.5, 0.6) is 0 Å². The van der Waals surface area contributed by atoms with Crippen molar-refractivity contribution in [3.63, 3.8) is 0 Å². The third kappa shape index (κ3) is 1.56. The Kier molecular flexibility index (Phi) is 2.04. The van der Waals surface area contributed by atoms with E-state index in [1.54, 1.807) is 0 Å². The van der Waals surface area contributed by atoms with Crippen molar-refractivity contribution in [1.82, 2.24) is 0 Å². The Morgan fingerprint density at radius 3 is 2.80 bits per heavy atom. The van der Waals surface area contributed by atoms with Gasteiger partial charge in [0.05, 0.1) is 0 Å². The van der Waals surface area contributed by atoms with E-state index in [1.807, 2.05) is 0 Å². The molecular formula is C7H11NO2. The molecule has 1 atom stereocenters. The van der Waals surface area contributed by atoms with Gasteiger partial charge in [-0.3, -0.25) is 9.59 Å². The fourth-order valence-corrected chi connectivity index (χ4v) is 1.35.